The molecule has 0 saturated carbocycles. The van der Waals surface area contributed by atoms with Crippen LogP contribution in [0.1, 0.15) is 36.3 Å². The van der Waals surface area contributed by atoms with Gasteiger partial charge in [0.05, 0.1) is 17.4 Å². The van der Waals surface area contributed by atoms with Gasteiger partial charge in [-0.05, 0) is 108 Å². The van der Waals surface area contributed by atoms with Crippen LogP contribution in [-0.2, 0) is 0 Å². The van der Waals surface area contributed by atoms with E-state index >= 15 is 0 Å². The molecule has 51 heavy (non-hydrogen) atoms. The van der Waals surface area contributed by atoms with Crippen molar-refractivity contribution in [1.82, 2.24) is 15.3 Å². The van der Waals surface area contributed by atoms with Crippen molar-refractivity contribution in [2.75, 3.05) is 0 Å². The minimum absolute atomic E-state index is 0.148. The van der Waals surface area contributed by atoms with Crippen LogP contribution in [0.2, 0.25) is 0 Å². The van der Waals surface area contributed by atoms with Gasteiger partial charge in [0.2, 0.25) is 0 Å². The largest absolute Gasteiger partial charge is 0.380 e. The lowest BCUT2D eigenvalue weighted by Gasteiger charge is -2.31. The molecule has 0 radical (unpaired) electrons. The summed E-state index contributed by atoms with van der Waals surface area (Å²) in [6.45, 7) is 2.33. The zero-order valence-electron chi connectivity index (χ0n) is 28.3. The van der Waals surface area contributed by atoms with E-state index in [4.69, 9.17) is 9.97 Å². The molecule has 7 aromatic carbocycles. The third-order valence-corrected chi connectivity index (χ3v) is 10.8. The fourth-order valence-corrected chi connectivity index (χ4v) is 8.35. The molecule has 3 heteroatoms. The van der Waals surface area contributed by atoms with E-state index in [0.29, 0.717) is 5.92 Å². The van der Waals surface area contributed by atoms with Crippen molar-refractivity contribution in [1.29, 1.82) is 0 Å². The first-order chi connectivity index (χ1) is 25.2. The number of nitrogens with one attached hydrogen (secondary N) is 1. The summed E-state index contributed by atoms with van der Waals surface area (Å²) in [5.41, 5.74) is 9.25. The molecular weight excluding hydrogens is 619 g/mol. The van der Waals surface area contributed by atoms with Crippen molar-refractivity contribution in [2.45, 2.75) is 19.4 Å². The topological polar surface area (TPSA) is 37.8 Å². The Morgan fingerprint density at radius 3 is 1.69 bits per heavy atom. The number of benzene rings is 7. The Labute approximate surface area is 297 Å². The van der Waals surface area contributed by atoms with Gasteiger partial charge in [-0.15, -0.1) is 0 Å². The first kappa shape index (κ1) is 29.6. The van der Waals surface area contributed by atoms with Crippen LogP contribution in [0.15, 0.2) is 163 Å². The van der Waals surface area contributed by atoms with E-state index in [-0.39, 0.29) is 6.04 Å². The Bertz CT molecular complexity index is 2650. The van der Waals surface area contributed by atoms with E-state index in [9.17, 15) is 0 Å². The van der Waals surface area contributed by atoms with Gasteiger partial charge in [0, 0.05) is 11.1 Å². The van der Waals surface area contributed by atoms with Gasteiger partial charge in [-0.25, -0.2) is 9.97 Å². The molecule has 2 heterocycles. The lowest BCUT2D eigenvalue weighted by atomic mass is 9.80. The highest BCUT2D eigenvalue weighted by Gasteiger charge is 2.28. The lowest BCUT2D eigenvalue weighted by Crippen LogP contribution is -2.25. The highest BCUT2D eigenvalue weighted by molar-refractivity contribution is 6.15. The molecule has 0 spiro atoms. The van der Waals surface area contributed by atoms with Crippen LogP contribution in [0.5, 0.6) is 0 Å². The van der Waals surface area contributed by atoms with Crippen molar-refractivity contribution in [3.63, 3.8) is 0 Å². The molecule has 0 amide bonds. The number of fused-ring (bicyclic) bond motifs is 7. The van der Waals surface area contributed by atoms with Crippen LogP contribution in [0.3, 0.4) is 0 Å². The van der Waals surface area contributed by atoms with Gasteiger partial charge in [0.1, 0.15) is 0 Å². The number of rotatable bonds is 4. The Kier molecular flexibility index (Phi) is 6.92. The monoisotopic (exact) mass is 653 g/mol. The van der Waals surface area contributed by atoms with E-state index in [1.807, 2.05) is 0 Å². The summed E-state index contributed by atoms with van der Waals surface area (Å²) in [4.78, 5) is 10.8. The number of aromatic nitrogens is 2. The third-order valence-electron chi connectivity index (χ3n) is 10.8. The van der Waals surface area contributed by atoms with Gasteiger partial charge in [0.25, 0.3) is 0 Å². The van der Waals surface area contributed by atoms with E-state index in [1.165, 1.54) is 59.8 Å². The second-order valence-electron chi connectivity index (χ2n) is 13.9. The smallest absolute Gasteiger partial charge is 0.156 e. The van der Waals surface area contributed by atoms with E-state index in [1.54, 1.807) is 0 Å². The summed E-state index contributed by atoms with van der Waals surface area (Å²) in [5.74, 6) is 1.09. The van der Waals surface area contributed by atoms with Gasteiger partial charge in [-0.2, -0.15) is 0 Å². The molecule has 0 fully saturated rings. The molecule has 8 aromatic rings. The minimum atomic E-state index is 0.148. The maximum atomic E-state index is 5.42. The van der Waals surface area contributed by atoms with E-state index in [2.05, 4.69) is 176 Å². The van der Waals surface area contributed by atoms with E-state index < -0.39 is 0 Å². The minimum Gasteiger partial charge on any atom is -0.380 e. The summed E-state index contributed by atoms with van der Waals surface area (Å²) in [6, 6.07) is 50.4. The quantitative estimate of drug-likeness (QED) is 0.192. The van der Waals surface area contributed by atoms with Crippen LogP contribution in [0.4, 0.5) is 0 Å². The zero-order valence-corrected chi connectivity index (χ0v) is 28.3. The van der Waals surface area contributed by atoms with Crippen LogP contribution in [0, 0.1) is 5.92 Å². The number of nitrogens with zero attached hydrogens (tertiary/aromatic N) is 2. The molecule has 242 valence electrons. The highest BCUT2D eigenvalue weighted by Crippen LogP contribution is 2.42. The number of allylic oxidation sites excluding steroid dienone is 3. The van der Waals surface area contributed by atoms with Crippen molar-refractivity contribution in [3.8, 4) is 22.5 Å². The first-order valence-corrected chi connectivity index (χ1v) is 17.8. The van der Waals surface area contributed by atoms with Crippen molar-refractivity contribution in [2.24, 2.45) is 5.92 Å². The Morgan fingerprint density at radius 2 is 1.08 bits per heavy atom. The van der Waals surface area contributed by atoms with Crippen LogP contribution in [0.25, 0.3) is 77.3 Å². The summed E-state index contributed by atoms with van der Waals surface area (Å²) >= 11 is 0. The molecule has 2 unspecified atom stereocenters. The maximum absolute atomic E-state index is 5.42. The molecule has 1 N–H and O–H groups in total. The zero-order chi connectivity index (χ0) is 33.9. The Balaban J connectivity index is 1.20. The predicted molar refractivity (Wildman–Crippen MR) is 214 cm³/mol. The highest BCUT2D eigenvalue weighted by atomic mass is 14.9. The second-order valence-corrected chi connectivity index (χ2v) is 13.9. The standard InChI is InChI=1S/C48H35N3/c1-30-26-34(22-23-35(30)47-38-17-7-2-12-31(38)24-25-49-47)48-50-45(43-27-32-13-3-5-15-36(32)39-18-8-10-20-41(39)43)29-46(51-48)44-28-33-14-4-6-16-37(33)40-19-9-11-21-42(40)44/h2-25,27-30,47,49H,26H2,1H3. The van der Waals surface area contributed by atoms with Crippen LogP contribution >= 0.6 is 0 Å². The molecule has 1 aromatic heterocycles. The molecule has 10 rings (SSSR count). The first-order valence-electron chi connectivity index (χ1n) is 17.8. The number of hydrogen-bond acceptors (Lipinski definition) is 3. The van der Waals surface area contributed by atoms with Gasteiger partial charge >= 0.3 is 0 Å². The van der Waals surface area contributed by atoms with Crippen LogP contribution < -0.4 is 5.32 Å². The predicted octanol–water partition coefficient (Wildman–Crippen LogP) is 12.1. The summed E-state index contributed by atoms with van der Waals surface area (Å²) in [7, 11) is 0. The molecule has 1 aliphatic heterocycles. The van der Waals surface area contributed by atoms with Crippen molar-refractivity contribution < 1.29 is 0 Å². The molecule has 1 aliphatic carbocycles. The fraction of sp³-hybridized carbons (Fsp3) is 0.0833. The molecule has 3 nitrogen and oxygen atoms in total. The molecule has 0 bridgehead atoms. The third kappa shape index (κ3) is 4.96. The van der Waals surface area contributed by atoms with Crippen molar-refractivity contribution >= 4 is 54.7 Å². The Morgan fingerprint density at radius 1 is 0.549 bits per heavy atom. The second kappa shape index (κ2) is 11.9. The van der Waals surface area contributed by atoms with Gasteiger partial charge in [-0.1, -0.05) is 140 Å². The summed E-state index contributed by atoms with van der Waals surface area (Å²) in [6.07, 6.45) is 9.67. The summed E-state index contributed by atoms with van der Waals surface area (Å²) < 4.78 is 0. The van der Waals surface area contributed by atoms with Gasteiger partial charge < -0.3 is 5.32 Å². The lowest BCUT2D eigenvalue weighted by molar-refractivity contribution is 0.576. The van der Waals surface area contributed by atoms with E-state index in [0.717, 1.165) is 40.3 Å². The van der Waals surface area contributed by atoms with Crippen molar-refractivity contribution in [3.05, 3.63) is 180 Å². The fourth-order valence-electron chi connectivity index (χ4n) is 8.35. The number of hydrogen-bond donors (Lipinski definition) is 1. The Hall–Kier alpha value is -6.32. The average molecular weight is 654 g/mol. The molecule has 2 atom stereocenters. The average Bonchev–Trinajstić information content (AvgIpc) is 3.20. The molecule has 2 aliphatic rings. The molecule has 0 saturated heterocycles. The normalized spacial score (nSPS) is 17.0. The maximum Gasteiger partial charge on any atom is 0.156 e. The SMILES string of the molecule is CC1CC(c2nc(-c3cc4ccccc4c4ccccc34)cc(-c3cc4ccccc4c4ccccc34)n2)=CC=C1C1NC=Cc2ccccc21. The summed E-state index contributed by atoms with van der Waals surface area (Å²) in [5, 5.41) is 13.4. The van der Waals surface area contributed by atoms with Gasteiger partial charge in [-0.3, -0.25) is 0 Å². The van der Waals surface area contributed by atoms with Gasteiger partial charge in [0.15, 0.2) is 5.82 Å². The molecular formula is C48H35N3. The van der Waals surface area contributed by atoms with Crippen LogP contribution in [-0.4, -0.2) is 9.97 Å².